The number of ketones is 2. The van der Waals surface area contributed by atoms with Crippen LogP contribution in [0.1, 0.15) is 61.7 Å². The van der Waals surface area contributed by atoms with Crippen LogP contribution in [0.5, 0.6) is 0 Å². The molecule has 0 heterocycles. The number of non-ortho nitro benzene ring substituents is 1. The number of nitro groups is 1. The summed E-state index contributed by atoms with van der Waals surface area (Å²) in [7, 11) is 0. The number of unbranched alkanes of at least 4 members (excludes halogenated alkanes) is 3. The monoisotopic (exact) mass is 387 g/mol. The molecule has 0 amide bonds. The number of rotatable bonds is 11. The van der Waals surface area contributed by atoms with Crippen LogP contribution in [0.4, 0.5) is 5.69 Å². The number of nitrogens with zero attached hydrogens (tertiary/aromatic N) is 1. The van der Waals surface area contributed by atoms with E-state index in [0.29, 0.717) is 18.4 Å². The number of hydrogen-bond acceptors (Lipinski definition) is 5. The number of carboxylic acids is 1. The van der Waals surface area contributed by atoms with Crippen molar-refractivity contribution in [3.63, 3.8) is 0 Å². The van der Waals surface area contributed by atoms with Crippen molar-refractivity contribution >= 4 is 23.2 Å². The molecule has 150 valence electrons. The highest BCUT2D eigenvalue weighted by Gasteiger charge is 2.32. The standard InChI is InChI=1S/C21H25NO6/c23-19(16-7-11-17(12-8-16)22(27)28)13-9-15-10-14-20(24)18(15)5-3-1-2-4-6-21(25)26/h7-9,11-13,15,18H,1-6,10,14H2,(H,25,26)/b13-9+. The molecule has 0 saturated heterocycles. The number of nitro benzene ring substituents is 1. The fourth-order valence-electron chi connectivity index (χ4n) is 3.59. The third-order valence-electron chi connectivity index (χ3n) is 5.17. The largest absolute Gasteiger partial charge is 0.481 e. The molecule has 7 heteroatoms. The zero-order chi connectivity index (χ0) is 20.5. The second kappa shape index (κ2) is 10.5. The third kappa shape index (κ3) is 6.40. The molecule has 0 spiro atoms. The topological polar surface area (TPSA) is 115 Å². The van der Waals surface area contributed by atoms with E-state index in [-0.39, 0.29) is 35.5 Å². The molecule has 1 aliphatic rings. The van der Waals surface area contributed by atoms with E-state index in [1.54, 1.807) is 6.08 Å². The molecular formula is C21H25NO6. The van der Waals surface area contributed by atoms with Crippen LogP contribution in [0, 0.1) is 22.0 Å². The highest BCUT2D eigenvalue weighted by Crippen LogP contribution is 2.34. The Hall–Kier alpha value is -2.83. The number of carboxylic acid groups (broad SMARTS) is 1. The average Bonchev–Trinajstić information content (AvgIpc) is 3.02. The Kier molecular flexibility index (Phi) is 8.04. The van der Waals surface area contributed by atoms with Crippen LogP contribution in [0.2, 0.25) is 0 Å². The summed E-state index contributed by atoms with van der Waals surface area (Å²) in [6, 6.07) is 5.46. The van der Waals surface area contributed by atoms with Crippen molar-refractivity contribution in [3.05, 3.63) is 52.1 Å². The molecule has 0 bridgehead atoms. The van der Waals surface area contributed by atoms with Gasteiger partial charge in [-0.15, -0.1) is 0 Å². The second-order valence-corrected chi connectivity index (χ2v) is 7.15. The molecule has 1 aliphatic carbocycles. The van der Waals surface area contributed by atoms with Crippen molar-refractivity contribution in [1.29, 1.82) is 0 Å². The fraction of sp³-hybridized carbons (Fsp3) is 0.476. The molecule has 1 saturated carbocycles. The van der Waals surface area contributed by atoms with Crippen molar-refractivity contribution in [2.75, 3.05) is 0 Å². The molecule has 1 fully saturated rings. The van der Waals surface area contributed by atoms with Gasteiger partial charge in [-0.2, -0.15) is 0 Å². The normalized spacial score (nSPS) is 19.2. The van der Waals surface area contributed by atoms with Gasteiger partial charge in [0, 0.05) is 36.5 Å². The van der Waals surface area contributed by atoms with E-state index in [1.165, 1.54) is 30.3 Å². The first-order chi connectivity index (χ1) is 13.4. The molecule has 1 aromatic carbocycles. The summed E-state index contributed by atoms with van der Waals surface area (Å²) in [6.07, 6.45) is 8.70. The van der Waals surface area contributed by atoms with E-state index >= 15 is 0 Å². The Morgan fingerprint density at radius 1 is 1.14 bits per heavy atom. The van der Waals surface area contributed by atoms with Gasteiger partial charge in [0.25, 0.3) is 5.69 Å². The summed E-state index contributed by atoms with van der Waals surface area (Å²) in [6.45, 7) is 0. The zero-order valence-electron chi connectivity index (χ0n) is 15.7. The Balaban J connectivity index is 1.85. The van der Waals surface area contributed by atoms with Crippen LogP contribution in [0.15, 0.2) is 36.4 Å². The molecule has 1 N–H and O–H groups in total. The smallest absolute Gasteiger partial charge is 0.303 e. The lowest BCUT2D eigenvalue weighted by atomic mass is 9.89. The van der Waals surface area contributed by atoms with E-state index < -0.39 is 10.9 Å². The number of Topliss-reactive ketones (excluding diaryl/α,β-unsaturated/α-hetero) is 1. The predicted molar refractivity (Wildman–Crippen MR) is 103 cm³/mol. The SMILES string of the molecule is O=C(O)CCCCCCC1C(=O)CCC1/C=C/C(=O)c1ccc([N+](=O)[O-])cc1. The molecule has 0 radical (unpaired) electrons. The number of carbonyl (C=O) groups is 3. The first kappa shape index (κ1) is 21.5. The Morgan fingerprint density at radius 2 is 1.82 bits per heavy atom. The van der Waals surface area contributed by atoms with Gasteiger partial charge in [-0.1, -0.05) is 25.3 Å². The van der Waals surface area contributed by atoms with Crippen LogP contribution in [-0.2, 0) is 9.59 Å². The molecule has 1 aromatic rings. The van der Waals surface area contributed by atoms with Crippen molar-refractivity contribution in [3.8, 4) is 0 Å². The lowest BCUT2D eigenvalue weighted by Gasteiger charge is -2.14. The summed E-state index contributed by atoms with van der Waals surface area (Å²) >= 11 is 0. The summed E-state index contributed by atoms with van der Waals surface area (Å²) in [5.74, 6) is -0.840. The van der Waals surface area contributed by atoms with Crippen LogP contribution in [0.25, 0.3) is 0 Å². The summed E-state index contributed by atoms with van der Waals surface area (Å²) < 4.78 is 0. The maximum absolute atomic E-state index is 12.3. The maximum atomic E-state index is 12.3. The van der Waals surface area contributed by atoms with E-state index in [2.05, 4.69) is 0 Å². The van der Waals surface area contributed by atoms with Gasteiger partial charge in [0.05, 0.1) is 4.92 Å². The highest BCUT2D eigenvalue weighted by atomic mass is 16.6. The number of carbonyl (C=O) groups excluding carboxylic acids is 2. The van der Waals surface area contributed by atoms with Gasteiger partial charge in [-0.3, -0.25) is 24.5 Å². The Labute approximate surface area is 163 Å². The minimum Gasteiger partial charge on any atom is -0.481 e. The third-order valence-corrected chi connectivity index (χ3v) is 5.17. The van der Waals surface area contributed by atoms with Crippen LogP contribution >= 0.6 is 0 Å². The number of allylic oxidation sites excluding steroid dienone is 2. The minimum atomic E-state index is -0.783. The van der Waals surface area contributed by atoms with Crippen molar-refractivity contribution in [2.24, 2.45) is 11.8 Å². The fourth-order valence-corrected chi connectivity index (χ4v) is 3.59. The molecule has 0 aliphatic heterocycles. The molecule has 2 unspecified atom stereocenters. The van der Waals surface area contributed by atoms with Crippen LogP contribution in [0.3, 0.4) is 0 Å². The Morgan fingerprint density at radius 3 is 2.46 bits per heavy atom. The van der Waals surface area contributed by atoms with E-state index in [4.69, 9.17) is 5.11 Å². The van der Waals surface area contributed by atoms with E-state index in [1.807, 2.05) is 0 Å². The molecule has 0 aromatic heterocycles. The van der Waals surface area contributed by atoms with Gasteiger partial charge in [0.1, 0.15) is 5.78 Å². The quantitative estimate of drug-likeness (QED) is 0.198. The first-order valence-electron chi connectivity index (χ1n) is 9.60. The number of benzene rings is 1. The molecule has 2 rings (SSSR count). The minimum absolute atomic E-state index is 0.0357. The van der Waals surface area contributed by atoms with Gasteiger partial charge < -0.3 is 5.11 Å². The Bertz CT molecular complexity index is 753. The van der Waals surface area contributed by atoms with E-state index in [0.717, 1.165) is 32.1 Å². The average molecular weight is 387 g/mol. The maximum Gasteiger partial charge on any atom is 0.303 e. The van der Waals surface area contributed by atoms with Crippen molar-refractivity contribution in [1.82, 2.24) is 0 Å². The van der Waals surface area contributed by atoms with Gasteiger partial charge >= 0.3 is 5.97 Å². The highest BCUT2D eigenvalue weighted by molar-refractivity contribution is 6.04. The van der Waals surface area contributed by atoms with Gasteiger partial charge in [0.15, 0.2) is 5.78 Å². The summed E-state index contributed by atoms with van der Waals surface area (Å²) in [4.78, 5) is 45.1. The second-order valence-electron chi connectivity index (χ2n) is 7.15. The number of hydrogen-bond donors (Lipinski definition) is 1. The van der Waals surface area contributed by atoms with Crippen LogP contribution < -0.4 is 0 Å². The molecule has 2 atom stereocenters. The van der Waals surface area contributed by atoms with Gasteiger partial charge in [-0.05, 0) is 43.4 Å². The first-order valence-corrected chi connectivity index (χ1v) is 9.60. The molecule has 7 nitrogen and oxygen atoms in total. The lowest BCUT2D eigenvalue weighted by molar-refractivity contribution is -0.384. The lowest BCUT2D eigenvalue weighted by Crippen LogP contribution is -2.13. The van der Waals surface area contributed by atoms with Crippen LogP contribution in [-0.4, -0.2) is 27.6 Å². The zero-order valence-corrected chi connectivity index (χ0v) is 15.7. The van der Waals surface area contributed by atoms with E-state index in [9.17, 15) is 24.5 Å². The molecule has 28 heavy (non-hydrogen) atoms. The van der Waals surface area contributed by atoms with Gasteiger partial charge in [0.2, 0.25) is 0 Å². The summed E-state index contributed by atoms with van der Waals surface area (Å²) in [5.41, 5.74) is 0.312. The number of aliphatic carboxylic acids is 1. The molecular weight excluding hydrogens is 362 g/mol. The van der Waals surface area contributed by atoms with Crippen molar-refractivity contribution < 1.29 is 24.4 Å². The predicted octanol–water partition coefficient (Wildman–Crippen LogP) is 4.35. The van der Waals surface area contributed by atoms with Gasteiger partial charge in [-0.25, -0.2) is 0 Å². The summed E-state index contributed by atoms with van der Waals surface area (Å²) in [5, 5.41) is 19.3. The van der Waals surface area contributed by atoms with Crippen molar-refractivity contribution in [2.45, 2.75) is 51.4 Å².